The average molecular weight is 268 g/mol. The van der Waals surface area contributed by atoms with Crippen molar-refractivity contribution in [2.75, 3.05) is 13.1 Å². The van der Waals surface area contributed by atoms with Crippen LogP contribution in [0.2, 0.25) is 0 Å². The quantitative estimate of drug-likeness (QED) is 0.751. The van der Waals surface area contributed by atoms with E-state index in [1.807, 2.05) is 0 Å². The van der Waals surface area contributed by atoms with Gasteiger partial charge in [0.2, 0.25) is 0 Å². The van der Waals surface area contributed by atoms with Gasteiger partial charge in [0.1, 0.15) is 6.04 Å². The molecule has 1 aliphatic rings. The summed E-state index contributed by atoms with van der Waals surface area (Å²) in [7, 11) is 0. The van der Waals surface area contributed by atoms with Gasteiger partial charge in [-0.15, -0.1) is 6.58 Å². The van der Waals surface area contributed by atoms with Crippen LogP contribution in [-0.2, 0) is 4.79 Å². The topological polar surface area (TPSA) is 69.6 Å². The zero-order chi connectivity index (χ0) is 14.3. The Kier molecular flexibility index (Phi) is 6.39. The van der Waals surface area contributed by atoms with Crippen LogP contribution in [0, 0.1) is 5.92 Å². The highest BCUT2D eigenvalue weighted by atomic mass is 16.4. The summed E-state index contributed by atoms with van der Waals surface area (Å²) in [5.74, 6) is -0.337. The first-order chi connectivity index (χ1) is 9.08. The largest absolute Gasteiger partial charge is 0.480 e. The molecule has 0 aliphatic carbocycles. The zero-order valence-electron chi connectivity index (χ0n) is 11.6. The minimum atomic E-state index is -1.02. The first-order valence-corrected chi connectivity index (χ1v) is 6.97. The molecule has 5 heteroatoms. The van der Waals surface area contributed by atoms with Gasteiger partial charge < -0.3 is 15.3 Å². The van der Waals surface area contributed by atoms with Crippen LogP contribution in [0.4, 0.5) is 4.79 Å². The maximum atomic E-state index is 12.1. The van der Waals surface area contributed by atoms with Crippen LogP contribution in [-0.4, -0.2) is 41.1 Å². The molecule has 0 aromatic carbocycles. The Morgan fingerprint density at radius 3 is 2.79 bits per heavy atom. The summed E-state index contributed by atoms with van der Waals surface area (Å²) in [6.45, 7) is 7.11. The van der Waals surface area contributed by atoms with Crippen molar-refractivity contribution in [2.45, 2.75) is 45.1 Å². The molecule has 0 aromatic rings. The number of urea groups is 1. The molecule has 1 heterocycles. The highest BCUT2D eigenvalue weighted by Gasteiger charge is 2.24. The van der Waals surface area contributed by atoms with E-state index in [0.717, 1.165) is 25.7 Å². The maximum absolute atomic E-state index is 12.1. The summed E-state index contributed by atoms with van der Waals surface area (Å²) >= 11 is 0. The summed E-state index contributed by atoms with van der Waals surface area (Å²) in [6.07, 6.45) is 6.04. The predicted octanol–water partition coefficient (Wildman–Crippen LogP) is 2.24. The first-order valence-electron chi connectivity index (χ1n) is 6.97. The van der Waals surface area contributed by atoms with Gasteiger partial charge in [0.25, 0.3) is 0 Å². The van der Waals surface area contributed by atoms with E-state index in [9.17, 15) is 9.59 Å². The monoisotopic (exact) mass is 268 g/mol. The van der Waals surface area contributed by atoms with Crippen molar-refractivity contribution in [1.29, 1.82) is 0 Å². The molecular weight excluding hydrogens is 244 g/mol. The molecule has 0 spiro atoms. The Morgan fingerprint density at radius 1 is 1.47 bits per heavy atom. The van der Waals surface area contributed by atoms with Gasteiger partial charge in [-0.25, -0.2) is 9.59 Å². The molecule has 0 radical (unpaired) electrons. The minimum Gasteiger partial charge on any atom is -0.480 e. The normalized spacial score (nSPS) is 21.3. The smallest absolute Gasteiger partial charge is 0.326 e. The maximum Gasteiger partial charge on any atom is 0.326 e. The molecule has 0 saturated carbocycles. The van der Waals surface area contributed by atoms with Crippen LogP contribution < -0.4 is 5.32 Å². The van der Waals surface area contributed by atoms with Crippen LogP contribution in [0.3, 0.4) is 0 Å². The van der Waals surface area contributed by atoms with Crippen molar-refractivity contribution in [1.82, 2.24) is 10.2 Å². The van der Waals surface area contributed by atoms with Crippen molar-refractivity contribution in [3.05, 3.63) is 12.7 Å². The number of nitrogens with one attached hydrogen (secondary N) is 1. The molecular formula is C14H24N2O3. The molecule has 0 aromatic heterocycles. The van der Waals surface area contributed by atoms with Crippen molar-refractivity contribution in [3.8, 4) is 0 Å². The second-order valence-electron chi connectivity index (χ2n) is 5.06. The van der Waals surface area contributed by atoms with Gasteiger partial charge in [-0.2, -0.15) is 0 Å². The van der Waals surface area contributed by atoms with Gasteiger partial charge in [-0.3, -0.25) is 0 Å². The third kappa shape index (κ3) is 4.93. The van der Waals surface area contributed by atoms with Gasteiger partial charge in [0, 0.05) is 13.1 Å². The number of likely N-dealkylation sites (tertiary alicyclic amines) is 1. The summed E-state index contributed by atoms with van der Waals surface area (Å²) in [4.78, 5) is 24.8. The number of hydrogen-bond donors (Lipinski definition) is 2. The summed E-state index contributed by atoms with van der Waals surface area (Å²) in [5, 5.41) is 11.6. The molecule has 0 bridgehead atoms. The number of rotatable bonds is 5. The molecule has 2 N–H and O–H groups in total. The number of carboxylic acid groups (broad SMARTS) is 1. The molecule has 1 saturated heterocycles. The first kappa shape index (κ1) is 15.5. The van der Waals surface area contributed by atoms with E-state index in [2.05, 4.69) is 18.8 Å². The number of carboxylic acids is 1. The summed E-state index contributed by atoms with van der Waals surface area (Å²) in [6, 6.07) is -1.15. The van der Waals surface area contributed by atoms with E-state index < -0.39 is 12.0 Å². The SMILES string of the molecule is C=CCC(NC(=O)N1CCCC(CC)CC1)C(=O)O. The van der Waals surface area contributed by atoms with Gasteiger partial charge in [0.15, 0.2) is 0 Å². The highest BCUT2D eigenvalue weighted by molar-refractivity contribution is 5.82. The zero-order valence-corrected chi connectivity index (χ0v) is 11.6. The van der Waals surface area contributed by atoms with Crippen molar-refractivity contribution >= 4 is 12.0 Å². The molecule has 1 fully saturated rings. The lowest BCUT2D eigenvalue weighted by atomic mass is 9.98. The molecule has 1 aliphatic heterocycles. The van der Waals surface area contributed by atoms with E-state index in [0.29, 0.717) is 19.0 Å². The van der Waals surface area contributed by atoms with Crippen LogP contribution in [0.1, 0.15) is 39.0 Å². The fraction of sp³-hybridized carbons (Fsp3) is 0.714. The second kappa shape index (κ2) is 7.81. The number of carbonyl (C=O) groups excluding carboxylic acids is 1. The molecule has 108 valence electrons. The van der Waals surface area contributed by atoms with Crippen molar-refractivity contribution in [2.24, 2.45) is 5.92 Å². The fourth-order valence-electron chi connectivity index (χ4n) is 2.41. The number of hydrogen-bond acceptors (Lipinski definition) is 2. The number of amides is 2. The second-order valence-corrected chi connectivity index (χ2v) is 5.06. The Hall–Kier alpha value is -1.52. The average Bonchev–Trinajstić information content (AvgIpc) is 2.63. The Balaban J connectivity index is 2.52. The summed E-state index contributed by atoms with van der Waals surface area (Å²) < 4.78 is 0. The molecule has 2 atom stereocenters. The molecule has 5 nitrogen and oxygen atoms in total. The van der Waals surface area contributed by atoms with Crippen LogP contribution >= 0.6 is 0 Å². The number of aliphatic carboxylic acids is 1. The third-order valence-corrected chi connectivity index (χ3v) is 3.71. The van der Waals surface area contributed by atoms with Crippen molar-refractivity contribution in [3.63, 3.8) is 0 Å². The predicted molar refractivity (Wildman–Crippen MR) is 74.0 cm³/mol. The lowest BCUT2D eigenvalue weighted by Gasteiger charge is -2.23. The van der Waals surface area contributed by atoms with E-state index >= 15 is 0 Å². The van der Waals surface area contributed by atoms with Crippen LogP contribution in [0.25, 0.3) is 0 Å². The van der Waals surface area contributed by atoms with Crippen LogP contribution in [0.15, 0.2) is 12.7 Å². The molecule has 2 amide bonds. The number of nitrogens with zero attached hydrogens (tertiary/aromatic N) is 1. The lowest BCUT2D eigenvalue weighted by Crippen LogP contribution is -2.48. The van der Waals surface area contributed by atoms with E-state index in [-0.39, 0.29) is 12.5 Å². The molecule has 19 heavy (non-hydrogen) atoms. The van der Waals surface area contributed by atoms with E-state index in [1.165, 1.54) is 6.08 Å². The van der Waals surface area contributed by atoms with E-state index in [1.54, 1.807) is 4.90 Å². The van der Waals surface area contributed by atoms with Crippen LogP contribution in [0.5, 0.6) is 0 Å². The molecule has 2 unspecified atom stereocenters. The van der Waals surface area contributed by atoms with Gasteiger partial charge in [-0.05, 0) is 31.6 Å². The third-order valence-electron chi connectivity index (χ3n) is 3.71. The van der Waals surface area contributed by atoms with Gasteiger partial charge >= 0.3 is 12.0 Å². The Morgan fingerprint density at radius 2 is 2.21 bits per heavy atom. The lowest BCUT2D eigenvalue weighted by molar-refractivity contribution is -0.139. The number of carbonyl (C=O) groups is 2. The highest BCUT2D eigenvalue weighted by Crippen LogP contribution is 2.20. The van der Waals surface area contributed by atoms with Gasteiger partial charge in [-0.1, -0.05) is 19.4 Å². The standard InChI is InChI=1S/C14H24N2O3/c1-3-6-12(13(17)18)15-14(19)16-9-5-7-11(4-2)8-10-16/h3,11-12H,1,4-10H2,2H3,(H,15,19)(H,17,18). The summed E-state index contributed by atoms with van der Waals surface area (Å²) in [5.41, 5.74) is 0. The van der Waals surface area contributed by atoms with Crippen molar-refractivity contribution < 1.29 is 14.7 Å². The fourth-order valence-corrected chi connectivity index (χ4v) is 2.41. The van der Waals surface area contributed by atoms with Gasteiger partial charge in [0.05, 0.1) is 0 Å². The molecule has 1 rings (SSSR count). The Labute approximate surface area is 114 Å². The minimum absolute atomic E-state index is 0.243. The Bertz CT molecular complexity index is 331. The van der Waals surface area contributed by atoms with E-state index in [4.69, 9.17) is 5.11 Å².